The molecule has 25 heavy (non-hydrogen) atoms. The van der Waals surface area contributed by atoms with Crippen LogP contribution >= 0.6 is 12.6 Å². The maximum atomic E-state index is 5.78. The minimum atomic E-state index is 0.212. The van der Waals surface area contributed by atoms with Crippen LogP contribution in [0.15, 0.2) is 51.8 Å². The molecule has 0 aromatic heterocycles. The molecular weight excluding hydrogens is 326 g/mol. The van der Waals surface area contributed by atoms with Crippen LogP contribution in [0.5, 0.6) is 0 Å². The van der Waals surface area contributed by atoms with Crippen LogP contribution in [0.3, 0.4) is 0 Å². The fourth-order valence-corrected chi connectivity index (χ4v) is 4.81. The van der Waals surface area contributed by atoms with Gasteiger partial charge >= 0.3 is 0 Å². The number of aliphatic imine (C=N–C) groups is 1. The van der Waals surface area contributed by atoms with Crippen LogP contribution in [0.2, 0.25) is 0 Å². The Morgan fingerprint density at radius 2 is 1.96 bits per heavy atom. The third-order valence-electron chi connectivity index (χ3n) is 5.65. The van der Waals surface area contributed by atoms with Gasteiger partial charge in [-0.1, -0.05) is 17.7 Å². The molecule has 1 heterocycles. The molecule has 2 atom stereocenters. The number of likely N-dealkylation sites (N-methyl/N-ethyl adjacent to an activating group) is 1. The molecule has 2 bridgehead atoms. The third kappa shape index (κ3) is 2.17. The molecule has 1 aliphatic heterocycles. The average molecular weight is 350 g/mol. The van der Waals surface area contributed by atoms with Gasteiger partial charge in [0.1, 0.15) is 6.67 Å². The van der Waals surface area contributed by atoms with Gasteiger partial charge < -0.3 is 10.6 Å². The largest absolute Gasteiger partial charge is 0.405 e. The van der Waals surface area contributed by atoms with Gasteiger partial charge in [0.2, 0.25) is 0 Å². The highest BCUT2D eigenvalue weighted by atomic mass is 32.1. The van der Waals surface area contributed by atoms with E-state index in [1.54, 1.807) is 6.20 Å². The van der Waals surface area contributed by atoms with Crippen molar-refractivity contribution in [1.82, 2.24) is 4.90 Å². The van der Waals surface area contributed by atoms with E-state index < -0.39 is 0 Å². The second-order valence-corrected chi connectivity index (χ2v) is 7.14. The van der Waals surface area contributed by atoms with Gasteiger partial charge in [-0.25, -0.2) is 0 Å². The standard InChI is InChI=1S/C21H23N3S/c1-4-13-7-16-17(8-14(13)10-25)20-15(5-6-22)12(2)19(16)18-9-23-11-24(3)21(18)20/h4-10,19-20,25H,11,22H2,1-3H3/b6-5-,13-4-,14-10-. The molecule has 0 amide bonds. The number of nitrogens with zero attached hydrogens (tertiary/aromatic N) is 2. The third-order valence-corrected chi connectivity index (χ3v) is 5.93. The minimum Gasteiger partial charge on any atom is -0.405 e. The van der Waals surface area contributed by atoms with Crippen molar-refractivity contribution in [2.45, 2.75) is 25.7 Å². The summed E-state index contributed by atoms with van der Waals surface area (Å²) < 4.78 is 0. The Balaban J connectivity index is 2.08. The lowest BCUT2D eigenvalue weighted by Crippen LogP contribution is -2.40. The fraction of sp³-hybridized carbons (Fsp3) is 0.286. The molecule has 0 saturated heterocycles. The molecule has 0 spiro atoms. The lowest BCUT2D eigenvalue weighted by Gasteiger charge is -2.46. The smallest absolute Gasteiger partial charge is 0.109 e. The summed E-state index contributed by atoms with van der Waals surface area (Å²) in [6.07, 6.45) is 7.97. The summed E-state index contributed by atoms with van der Waals surface area (Å²) in [5.41, 5.74) is 13.9. The van der Waals surface area contributed by atoms with E-state index in [4.69, 9.17) is 5.73 Å². The van der Waals surface area contributed by atoms with Gasteiger partial charge in [0.15, 0.2) is 0 Å². The molecular formula is C21H23N3S. The van der Waals surface area contributed by atoms with Gasteiger partial charge in [-0.05, 0) is 64.7 Å². The zero-order valence-corrected chi connectivity index (χ0v) is 15.7. The summed E-state index contributed by atoms with van der Waals surface area (Å²) in [5.74, 6) is 0.463. The average Bonchev–Trinajstić information content (AvgIpc) is 2.62. The Morgan fingerprint density at radius 1 is 1.24 bits per heavy atom. The van der Waals surface area contributed by atoms with E-state index in [0.717, 1.165) is 0 Å². The number of hydrogen-bond donors (Lipinski definition) is 2. The molecule has 2 unspecified atom stereocenters. The molecule has 1 aromatic carbocycles. The van der Waals surface area contributed by atoms with E-state index in [0.29, 0.717) is 6.67 Å². The number of rotatable bonds is 1. The van der Waals surface area contributed by atoms with Crippen molar-refractivity contribution in [3.05, 3.63) is 68.4 Å². The van der Waals surface area contributed by atoms with Crippen molar-refractivity contribution in [3.8, 4) is 0 Å². The first-order chi connectivity index (χ1) is 12.1. The first-order valence-electron chi connectivity index (χ1n) is 8.61. The summed E-state index contributed by atoms with van der Waals surface area (Å²) >= 11 is 4.43. The molecule has 0 saturated carbocycles. The van der Waals surface area contributed by atoms with Crippen molar-refractivity contribution >= 4 is 30.3 Å². The van der Waals surface area contributed by atoms with Crippen LogP contribution in [-0.2, 0) is 0 Å². The summed E-state index contributed by atoms with van der Waals surface area (Å²) in [4.78, 5) is 6.84. The Morgan fingerprint density at radius 3 is 2.64 bits per heavy atom. The van der Waals surface area contributed by atoms with E-state index in [9.17, 15) is 0 Å². The highest BCUT2D eigenvalue weighted by Gasteiger charge is 2.43. The number of benzene rings is 1. The summed E-state index contributed by atoms with van der Waals surface area (Å²) in [6, 6.07) is 4.63. The van der Waals surface area contributed by atoms with Crippen LogP contribution in [0.1, 0.15) is 36.8 Å². The Hall–Kier alpha value is -2.20. The Kier molecular flexibility index (Phi) is 3.88. The van der Waals surface area contributed by atoms with Gasteiger partial charge in [-0.2, -0.15) is 12.6 Å². The first kappa shape index (κ1) is 16.3. The number of hydrogen-bond acceptors (Lipinski definition) is 4. The van der Waals surface area contributed by atoms with Crippen molar-refractivity contribution in [1.29, 1.82) is 0 Å². The van der Waals surface area contributed by atoms with Crippen molar-refractivity contribution in [2.75, 3.05) is 13.7 Å². The molecule has 4 aliphatic rings. The molecule has 3 nitrogen and oxygen atoms in total. The molecule has 4 heteroatoms. The summed E-state index contributed by atoms with van der Waals surface area (Å²) in [6.45, 7) is 5.02. The van der Waals surface area contributed by atoms with Gasteiger partial charge in [0, 0.05) is 36.4 Å². The van der Waals surface area contributed by atoms with Gasteiger partial charge in [0.25, 0.3) is 0 Å². The fourth-order valence-electron chi connectivity index (χ4n) is 4.59. The lowest BCUT2D eigenvalue weighted by molar-refractivity contribution is 0.387. The van der Waals surface area contributed by atoms with E-state index in [-0.39, 0.29) is 11.8 Å². The van der Waals surface area contributed by atoms with Gasteiger partial charge in [-0.15, -0.1) is 0 Å². The van der Waals surface area contributed by atoms with E-state index >= 15 is 0 Å². The SMILES string of the molecule is C/C=c1/cc2c(c/c1=C/S)C1C(/C=C\N)=C(C)C2C2=C1N(C)CN=C2. The van der Waals surface area contributed by atoms with E-state index in [1.165, 1.54) is 44.0 Å². The zero-order valence-electron chi connectivity index (χ0n) is 14.8. The number of allylic oxidation sites excluding steroid dienone is 4. The molecule has 2 N–H and O–H groups in total. The second-order valence-electron chi connectivity index (χ2n) is 6.88. The van der Waals surface area contributed by atoms with Crippen LogP contribution in [-0.4, -0.2) is 24.8 Å². The second kappa shape index (κ2) is 5.95. The number of thiol groups is 1. The molecule has 128 valence electrons. The molecule has 1 aromatic rings. The zero-order chi connectivity index (χ0) is 17.7. The van der Waals surface area contributed by atoms with Gasteiger partial charge in [-0.3, -0.25) is 4.99 Å². The lowest BCUT2D eigenvalue weighted by atomic mass is 9.62. The maximum absolute atomic E-state index is 5.78. The van der Waals surface area contributed by atoms with Crippen LogP contribution in [0.4, 0.5) is 0 Å². The molecule has 0 fully saturated rings. The summed E-state index contributed by atoms with van der Waals surface area (Å²) in [7, 11) is 2.13. The minimum absolute atomic E-state index is 0.212. The Bertz CT molecular complexity index is 995. The number of nitrogens with two attached hydrogens (primary N) is 1. The van der Waals surface area contributed by atoms with Crippen LogP contribution < -0.4 is 16.2 Å². The quantitative estimate of drug-likeness (QED) is 0.765. The first-order valence-corrected chi connectivity index (χ1v) is 9.12. The summed E-state index contributed by atoms with van der Waals surface area (Å²) in [5, 5.41) is 4.29. The molecule has 3 aliphatic carbocycles. The van der Waals surface area contributed by atoms with Crippen LogP contribution in [0.25, 0.3) is 11.5 Å². The van der Waals surface area contributed by atoms with Crippen molar-refractivity contribution < 1.29 is 0 Å². The van der Waals surface area contributed by atoms with Crippen molar-refractivity contribution in [2.24, 2.45) is 10.7 Å². The monoisotopic (exact) mass is 349 g/mol. The van der Waals surface area contributed by atoms with E-state index in [2.05, 4.69) is 73.9 Å². The van der Waals surface area contributed by atoms with Crippen molar-refractivity contribution in [3.63, 3.8) is 0 Å². The predicted molar refractivity (Wildman–Crippen MR) is 109 cm³/mol. The molecule has 0 radical (unpaired) electrons. The highest BCUT2D eigenvalue weighted by Crippen LogP contribution is 2.55. The highest BCUT2D eigenvalue weighted by molar-refractivity contribution is 7.88. The molecule has 5 rings (SSSR count). The predicted octanol–water partition coefficient (Wildman–Crippen LogP) is 2.37. The maximum Gasteiger partial charge on any atom is 0.109 e. The Labute approximate surface area is 154 Å². The normalized spacial score (nSPS) is 26.2. The topological polar surface area (TPSA) is 41.6 Å². The van der Waals surface area contributed by atoms with E-state index in [1.807, 2.05) is 5.41 Å². The van der Waals surface area contributed by atoms with Crippen LogP contribution in [0, 0.1) is 0 Å². The van der Waals surface area contributed by atoms with Gasteiger partial charge in [0.05, 0.1) is 0 Å².